The van der Waals surface area contributed by atoms with Crippen molar-refractivity contribution in [3.63, 3.8) is 0 Å². The van der Waals surface area contributed by atoms with Gasteiger partial charge in [-0.05, 0) is 62.6 Å². The number of piperidine rings is 1. The SMILES string of the molecule is CC(F)(F)CCC1(O)CCN(C(=O)c2ccc(NS(=O)(=O)c3cccc4scnc34)cc2)CC1. The second kappa shape index (κ2) is 9.20. The molecule has 2 heterocycles. The van der Waals surface area contributed by atoms with Crippen LogP contribution in [0.1, 0.15) is 43.0 Å². The van der Waals surface area contributed by atoms with Gasteiger partial charge >= 0.3 is 0 Å². The number of nitrogens with zero attached hydrogens (tertiary/aromatic N) is 2. The van der Waals surface area contributed by atoms with Crippen LogP contribution in [0.5, 0.6) is 0 Å². The van der Waals surface area contributed by atoms with E-state index in [0.29, 0.717) is 16.8 Å². The number of anilines is 1. The van der Waals surface area contributed by atoms with Crippen molar-refractivity contribution in [1.29, 1.82) is 0 Å². The summed E-state index contributed by atoms with van der Waals surface area (Å²) in [4.78, 5) is 18.6. The van der Waals surface area contributed by atoms with Gasteiger partial charge in [0.25, 0.3) is 15.9 Å². The molecule has 0 aliphatic carbocycles. The molecule has 0 radical (unpaired) electrons. The third-order valence-electron chi connectivity index (χ3n) is 6.01. The summed E-state index contributed by atoms with van der Waals surface area (Å²) in [5.41, 5.74) is 1.47. The van der Waals surface area contributed by atoms with Crippen LogP contribution in [0, 0.1) is 0 Å². The van der Waals surface area contributed by atoms with Gasteiger partial charge in [0.1, 0.15) is 10.4 Å². The number of sulfonamides is 1. The van der Waals surface area contributed by atoms with Crippen LogP contribution >= 0.6 is 11.3 Å². The van der Waals surface area contributed by atoms with Gasteiger partial charge in [0, 0.05) is 30.8 Å². The molecular formula is C23H25F2N3O4S2. The lowest BCUT2D eigenvalue weighted by molar-refractivity contribution is -0.0570. The third-order valence-corrected chi connectivity index (χ3v) is 8.21. The summed E-state index contributed by atoms with van der Waals surface area (Å²) in [6.45, 7) is 1.35. The Morgan fingerprint density at radius 2 is 1.88 bits per heavy atom. The zero-order valence-electron chi connectivity index (χ0n) is 18.5. The van der Waals surface area contributed by atoms with Crippen molar-refractivity contribution in [3.05, 3.63) is 53.5 Å². The minimum Gasteiger partial charge on any atom is -0.390 e. The molecule has 0 bridgehead atoms. The van der Waals surface area contributed by atoms with Gasteiger partial charge in [0.2, 0.25) is 5.92 Å². The highest BCUT2D eigenvalue weighted by molar-refractivity contribution is 7.93. The molecule has 1 amide bonds. The highest BCUT2D eigenvalue weighted by Gasteiger charge is 2.36. The van der Waals surface area contributed by atoms with Crippen molar-refractivity contribution in [2.75, 3.05) is 17.8 Å². The smallest absolute Gasteiger partial charge is 0.264 e. The number of hydrogen-bond donors (Lipinski definition) is 2. The number of para-hydroxylation sites is 1. The minimum atomic E-state index is -3.87. The van der Waals surface area contributed by atoms with E-state index in [1.54, 1.807) is 22.5 Å². The summed E-state index contributed by atoms with van der Waals surface area (Å²) in [6.07, 6.45) is 0.0531. The first-order valence-electron chi connectivity index (χ1n) is 10.8. The van der Waals surface area contributed by atoms with E-state index in [1.165, 1.54) is 41.7 Å². The topological polar surface area (TPSA) is 99.6 Å². The monoisotopic (exact) mass is 509 g/mol. The molecule has 7 nitrogen and oxygen atoms in total. The van der Waals surface area contributed by atoms with Gasteiger partial charge in [-0.25, -0.2) is 22.2 Å². The number of rotatable bonds is 7. The molecule has 34 heavy (non-hydrogen) atoms. The Kier molecular flexibility index (Phi) is 6.63. The summed E-state index contributed by atoms with van der Waals surface area (Å²) >= 11 is 1.35. The molecule has 1 fully saturated rings. The van der Waals surface area contributed by atoms with E-state index in [9.17, 15) is 27.1 Å². The lowest BCUT2D eigenvalue weighted by Crippen LogP contribution is -2.47. The van der Waals surface area contributed by atoms with Crippen LogP contribution in [-0.2, 0) is 10.0 Å². The lowest BCUT2D eigenvalue weighted by atomic mass is 9.86. The quantitative estimate of drug-likeness (QED) is 0.489. The Balaban J connectivity index is 1.39. The number of amides is 1. The number of likely N-dealkylation sites (tertiary alicyclic amines) is 1. The average molecular weight is 510 g/mol. The Morgan fingerprint density at radius 1 is 1.21 bits per heavy atom. The maximum Gasteiger partial charge on any atom is 0.264 e. The van der Waals surface area contributed by atoms with Gasteiger partial charge in [-0.15, -0.1) is 11.3 Å². The van der Waals surface area contributed by atoms with Crippen molar-refractivity contribution < 1.29 is 27.1 Å². The molecule has 1 aliphatic heterocycles. The summed E-state index contributed by atoms with van der Waals surface area (Å²) in [7, 11) is -3.87. The van der Waals surface area contributed by atoms with Gasteiger partial charge in [-0.1, -0.05) is 6.07 Å². The summed E-state index contributed by atoms with van der Waals surface area (Å²) in [5.74, 6) is -3.09. The molecule has 1 saturated heterocycles. The Hall–Kier alpha value is -2.63. The molecule has 11 heteroatoms. The van der Waals surface area contributed by atoms with E-state index in [0.717, 1.165) is 11.6 Å². The maximum absolute atomic E-state index is 13.1. The highest BCUT2D eigenvalue weighted by atomic mass is 32.2. The molecule has 1 aromatic heterocycles. The normalized spacial score (nSPS) is 16.5. The molecule has 0 unspecified atom stereocenters. The van der Waals surface area contributed by atoms with Crippen LogP contribution in [0.25, 0.3) is 10.2 Å². The van der Waals surface area contributed by atoms with E-state index in [1.807, 2.05) is 0 Å². The number of carbonyl (C=O) groups is 1. The standard InChI is InChI=1S/C23H25F2N3O4S2/c1-22(24,25)9-10-23(30)11-13-28(14-12-23)21(29)16-5-7-17(8-6-16)27-34(31,32)19-4-2-3-18-20(19)26-15-33-18/h2-8,15,27,30H,9-14H2,1H3. The zero-order chi connectivity index (χ0) is 24.6. The zero-order valence-corrected chi connectivity index (χ0v) is 20.1. The van der Waals surface area contributed by atoms with Gasteiger partial charge in [-0.2, -0.15) is 0 Å². The first-order chi connectivity index (χ1) is 16.0. The van der Waals surface area contributed by atoms with Crippen LogP contribution in [0.15, 0.2) is 52.9 Å². The minimum absolute atomic E-state index is 0.0119. The number of nitrogens with one attached hydrogen (secondary N) is 1. The molecule has 0 saturated carbocycles. The summed E-state index contributed by atoms with van der Waals surface area (Å²) in [6, 6.07) is 11.0. The summed E-state index contributed by atoms with van der Waals surface area (Å²) in [5, 5.41) is 10.6. The Labute approximate surface area is 200 Å². The van der Waals surface area contributed by atoms with Gasteiger partial charge in [-0.3, -0.25) is 9.52 Å². The van der Waals surface area contributed by atoms with E-state index >= 15 is 0 Å². The highest BCUT2D eigenvalue weighted by Crippen LogP contribution is 2.32. The van der Waals surface area contributed by atoms with Crippen LogP contribution < -0.4 is 4.72 Å². The van der Waals surface area contributed by atoms with Crippen molar-refractivity contribution >= 4 is 43.2 Å². The van der Waals surface area contributed by atoms with Crippen molar-refractivity contribution in [2.45, 2.75) is 49.0 Å². The second-order valence-electron chi connectivity index (χ2n) is 8.72. The molecular weight excluding hydrogens is 484 g/mol. The lowest BCUT2D eigenvalue weighted by Gasteiger charge is -2.38. The average Bonchev–Trinajstić information content (AvgIpc) is 3.27. The van der Waals surface area contributed by atoms with Crippen molar-refractivity contribution in [2.24, 2.45) is 0 Å². The van der Waals surface area contributed by atoms with Crippen LogP contribution in [-0.4, -0.2) is 53.9 Å². The maximum atomic E-state index is 13.1. The van der Waals surface area contributed by atoms with Gasteiger partial charge in [0.15, 0.2) is 0 Å². The molecule has 0 atom stereocenters. The number of aromatic nitrogens is 1. The number of benzene rings is 2. The van der Waals surface area contributed by atoms with E-state index < -0.39 is 28.0 Å². The van der Waals surface area contributed by atoms with Gasteiger partial charge < -0.3 is 10.0 Å². The third kappa shape index (κ3) is 5.53. The van der Waals surface area contributed by atoms with Crippen molar-refractivity contribution in [1.82, 2.24) is 9.88 Å². The molecule has 4 rings (SSSR count). The number of fused-ring (bicyclic) bond motifs is 1. The van der Waals surface area contributed by atoms with E-state index in [4.69, 9.17) is 0 Å². The summed E-state index contributed by atoms with van der Waals surface area (Å²) < 4.78 is 55.3. The fraction of sp³-hybridized carbons (Fsp3) is 0.391. The molecule has 182 valence electrons. The number of halogens is 2. The number of aliphatic hydroxyl groups is 1. The number of hydrogen-bond acceptors (Lipinski definition) is 6. The predicted octanol–water partition coefficient (Wildman–Crippen LogP) is 4.50. The number of alkyl halides is 2. The fourth-order valence-electron chi connectivity index (χ4n) is 3.98. The fourth-order valence-corrected chi connectivity index (χ4v) is 5.98. The molecule has 0 spiro atoms. The molecule has 3 aromatic rings. The molecule has 2 aromatic carbocycles. The van der Waals surface area contributed by atoms with Crippen molar-refractivity contribution in [3.8, 4) is 0 Å². The number of carbonyl (C=O) groups excluding carboxylic acids is 1. The van der Waals surface area contributed by atoms with Crippen LogP contribution in [0.4, 0.5) is 14.5 Å². The van der Waals surface area contributed by atoms with E-state index in [-0.39, 0.29) is 43.2 Å². The molecule has 1 aliphatic rings. The first-order valence-corrected chi connectivity index (χ1v) is 13.2. The predicted molar refractivity (Wildman–Crippen MR) is 127 cm³/mol. The molecule has 2 N–H and O–H groups in total. The van der Waals surface area contributed by atoms with Crippen LogP contribution in [0.2, 0.25) is 0 Å². The van der Waals surface area contributed by atoms with Gasteiger partial charge in [0.05, 0.1) is 15.8 Å². The Bertz CT molecular complexity index is 1280. The largest absolute Gasteiger partial charge is 0.390 e. The second-order valence-corrected chi connectivity index (χ2v) is 11.3. The Morgan fingerprint density at radius 3 is 2.53 bits per heavy atom. The van der Waals surface area contributed by atoms with Crippen LogP contribution in [0.3, 0.4) is 0 Å². The van der Waals surface area contributed by atoms with E-state index in [2.05, 4.69) is 9.71 Å². The first kappa shape index (κ1) is 24.5. The number of thiazole rings is 1.